The van der Waals surface area contributed by atoms with Crippen molar-refractivity contribution in [1.29, 1.82) is 0 Å². The standard InChI is InChI=1S/C29H36N4O8P2S/c1-6-38-42(35,39-7-2)29(43(36,40-8-3)41-9-4)33-26-24-17-18-44-28(24)32-25(31-26)21-11-10-12-22(19-21)30-27(34)20-13-15-23(37-5)16-14-20/h10-19,29H,6-9H2,1-5H3,(H,30,34)(H,31,32,33). The van der Waals surface area contributed by atoms with Gasteiger partial charge in [0.05, 0.1) is 38.9 Å². The summed E-state index contributed by atoms with van der Waals surface area (Å²) in [6, 6.07) is 15.6. The van der Waals surface area contributed by atoms with Gasteiger partial charge in [0.2, 0.25) is 5.52 Å². The molecule has 236 valence electrons. The van der Waals surface area contributed by atoms with Gasteiger partial charge in [-0.15, -0.1) is 11.3 Å². The number of aromatic nitrogens is 2. The molecule has 0 atom stereocenters. The Hall–Kier alpha value is -3.15. The van der Waals surface area contributed by atoms with E-state index in [0.29, 0.717) is 38.6 Å². The smallest absolute Gasteiger partial charge is 0.365 e. The molecule has 4 rings (SSSR count). The molecule has 1 amide bonds. The Morgan fingerprint density at radius 2 is 1.48 bits per heavy atom. The van der Waals surface area contributed by atoms with Crippen molar-refractivity contribution in [3.05, 3.63) is 65.5 Å². The molecule has 0 unspecified atom stereocenters. The minimum atomic E-state index is -4.12. The SMILES string of the molecule is CCOP(=O)(OCC)C(Nc1nc(-c2cccc(NC(=O)c3ccc(OC)cc3)c2)nc2sccc12)P(=O)(OCC)OCC. The molecule has 2 aromatic heterocycles. The fourth-order valence-electron chi connectivity index (χ4n) is 4.31. The zero-order chi connectivity index (χ0) is 31.7. The highest BCUT2D eigenvalue weighted by atomic mass is 32.1. The molecular weight excluding hydrogens is 626 g/mol. The lowest BCUT2D eigenvalue weighted by atomic mass is 10.1. The first-order valence-electron chi connectivity index (χ1n) is 14.0. The first kappa shape index (κ1) is 33.7. The van der Waals surface area contributed by atoms with Gasteiger partial charge in [-0.1, -0.05) is 12.1 Å². The van der Waals surface area contributed by atoms with E-state index in [1.54, 1.807) is 89.4 Å². The lowest BCUT2D eigenvalue weighted by molar-refractivity contribution is 0.102. The van der Waals surface area contributed by atoms with Gasteiger partial charge in [0.15, 0.2) is 5.82 Å². The fraction of sp³-hybridized carbons (Fsp3) is 0.345. The van der Waals surface area contributed by atoms with Crippen molar-refractivity contribution in [2.24, 2.45) is 0 Å². The monoisotopic (exact) mass is 662 g/mol. The Labute approximate surface area is 260 Å². The number of benzene rings is 2. The van der Waals surface area contributed by atoms with E-state index in [4.69, 9.17) is 32.8 Å². The Balaban J connectivity index is 1.74. The Bertz CT molecular complexity index is 1620. The third-order valence-corrected chi connectivity index (χ3v) is 12.6. The van der Waals surface area contributed by atoms with Crippen LogP contribution in [0.2, 0.25) is 0 Å². The second-order valence-electron chi connectivity index (χ2n) is 9.07. The van der Waals surface area contributed by atoms with Crippen molar-refractivity contribution in [3.8, 4) is 17.1 Å². The number of nitrogens with zero attached hydrogens (tertiary/aromatic N) is 2. The van der Waals surface area contributed by atoms with Crippen LogP contribution >= 0.6 is 26.5 Å². The molecule has 4 aromatic rings. The number of thiophene rings is 1. The maximum Gasteiger partial charge on any atom is 0.365 e. The molecule has 0 radical (unpaired) electrons. The van der Waals surface area contributed by atoms with Crippen molar-refractivity contribution in [2.45, 2.75) is 33.2 Å². The van der Waals surface area contributed by atoms with E-state index >= 15 is 0 Å². The summed E-state index contributed by atoms with van der Waals surface area (Å²) in [7, 11) is -6.67. The van der Waals surface area contributed by atoms with E-state index in [-0.39, 0.29) is 38.2 Å². The quantitative estimate of drug-likeness (QED) is 0.113. The Morgan fingerprint density at radius 3 is 2.05 bits per heavy atom. The van der Waals surface area contributed by atoms with E-state index in [0.717, 1.165) is 0 Å². The molecule has 0 saturated heterocycles. The molecule has 0 aliphatic heterocycles. The topological polar surface area (TPSA) is 147 Å². The third-order valence-electron chi connectivity index (χ3n) is 6.16. The van der Waals surface area contributed by atoms with E-state index in [1.165, 1.54) is 11.3 Å². The summed E-state index contributed by atoms with van der Waals surface area (Å²) in [6.07, 6.45) is 0. The van der Waals surface area contributed by atoms with E-state index < -0.39 is 20.7 Å². The van der Waals surface area contributed by atoms with Crippen molar-refractivity contribution >= 4 is 54.2 Å². The van der Waals surface area contributed by atoms with Crippen molar-refractivity contribution < 1.29 is 36.8 Å². The van der Waals surface area contributed by atoms with Crippen LogP contribution < -0.4 is 15.4 Å². The van der Waals surface area contributed by atoms with E-state index in [1.807, 2.05) is 5.38 Å². The van der Waals surface area contributed by atoms with Gasteiger partial charge >= 0.3 is 15.2 Å². The average Bonchev–Trinajstić information content (AvgIpc) is 3.49. The van der Waals surface area contributed by atoms with Crippen LogP contribution in [0.1, 0.15) is 38.1 Å². The predicted octanol–water partition coefficient (Wildman–Crippen LogP) is 7.85. The zero-order valence-electron chi connectivity index (χ0n) is 25.1. The lowest BCUT2D eigenvalue weighted by Crippen LogP contribution is -2.26. The van der Waals surface area contributed by atoms with E-state index in [9.17, 15) is 13.9 Å². The van der Waals surface area contributed by atoms with Gasteiger partial charge in [-0.05, 0) is 75.5 Å². The normalized spacial score (nSPS) is 12.0. The van der Waals surface area contributed by atoms with Crippen LogP contribution in [0.3, 0.4) is 0 Å². The summed E-state index contributed by atoms with van der Waals surface area (Å²) in [5, 5.41) is 8.40. The van der Waals surface area contributed by atoms with E-state index in [2.05, 4.69) is 10.6 Å². The van der Waals surface area contributed by atoms with Gasteiger partial charge in [-0.3, -0.25) is 13.9 Å². The summed E-state index contributed by atoms with van der Waals surface area (Å²) >= 11 is 1.37. The number of anilines is 2. The number of nitrogens with one attached hydrogen (secondary N) is 2. The van der Waals surface area contributed by atoms with Crippen LogP contribution in [0.15, 0.2) is 60.0 Å². The molecule has 0 aliphatic rings. The van der Waals surface area contributed by atoms with Gasteiger partial charge in [-0.25, -0.2) is 9.97 Å². The fourth-order valence-corrected chi connectivity index (χ4v) is 9.97. The predicted molar refractivity (Wildman–Crippen MR) is 173 cm³/mol. The molecule has 2 heterocycles. The zero-order valence-corrected chi connectivity index (χ0v) is 27.7. The second kappa shape index (κ2) is 15.2. The molecule has 2 aromatic carbocycles. The first-order valence-corrected chi connectivity index (χ1v) is 18.2. The minimum Gasteiger partial charge on any atom is -0.497 e. The van der Waals surface area contributed by atoms with Crippen molar-refractivity contribution in [3.63, 3.8) is 0 Å². The molecule has 2 N–H and O–H groups in total. The maximum atomic E-state index is 14.1. The number of carbonyl (C=O) groups excluding carboxylic acids is 1. The van der Waals surface area contributed by atoms with Gasteiger partial charge in [0, 0.05) is 16.8 Å². The number of rotatable bonds is 16. The summed E-state index contributed by atoms with van der Waals surface area (Å²) in [6.45, 7) is 6.78. The van der Waals surface area contributed by atoms with Crippen LogP contribution in [-0.4, -0.2) is 54.9 Å². The minimum absolute atomic E-state index is 0.0334. The van der Waals surface area contributed by atoms with Crippen molar-refractivity contribution in [1.82, 2.24) is 9.97 Å². The van der Waals surface area contributed by atoms with Gasteiger partial charge < -0.3 is 33.5 Å². The molecule has 12 nitrogen and oxygen atoms in total. The number of hydrogen-bond acceptors (Lipinski definition) is 12. The number of ether oxygens (including phenoxy) is 1. The maximum absolute atomic E-state index is 14.1. The average molecular weight is 663 g/mol. The first-order chi connectivity index (χ1) is 21.2. The van der Waals surface area contributed by atoms with Gasteiger partial charge in [0.1, 0.15) is 16.4 Å². The molecule has 44 heavy (non-hydrogen) atoms. The highest BCUT2D eigenvalue weighted by molar-refractivity contribution is 7.73. The van der Waals surface area contributed by atoms with Crippen LogP contribution in [0.4, 0.5) is 11.5 Å². The summed E-state index contributed by atoms with van der Waals surface area (Å²) in [5.41, 5.74) is 0.0739. The summed E-state index contributed by atoms with van der Waals surface area (Å²) in [5.74, 6) is 0.902. The lowest BCUT2D eigenvalue weighted by Gasteiger charge is -2.32. The molecule has 15 heteroatoms. The number of methoxy groups -OCH3 is 1. The molecular formula is C29H36N4O8P2S. The molecule has 0 spiro atoms. The number of fused-ring (bicyclic) bond motifs is 1. The molecule has 0 saturated carbocycles. The van der Waals surface area contributed by atoms with Gasteiger partial charge in [0.25, 0.3) is 5.91 Å². The van der Waals surface area contributed by atoms with Crippen LogP contribution in [0, 0.1) is 0 Å². The third kappa shape index (κ3) is 7.73. The Morgan fingerprint density at radius 1 is 0.864 bits per heavy atom. The highest BCUT2D eigenvalue weighted by Crippen LogP contribution is 2.70. The van der Waals surface area contributed by atoms with Crippen LogP contribution in [-0.2, 0) is 27.2 Å². The van der Waals surface area contributed by atoms with Crippen molar-refractivity contribution in [2.75, 3.05) is 44.2 Å². The van der Waals surface area contributed by atoms with Crippen LogP contribution in [0.5, 0.6) is 5.75 Å². The second-order valence-corrected chi connectivity index (χ2v) is 14.6. The molecule has 0 bridgehead atoms. The Kier molecular flexibility index (Phi) is 11.7. The number of hydrogen-bond donors (Lipinski definition) is 2. The number of carbonyl (C=O) groups is 1. The molecule has 0 fully saturated rings. The highest BCUT2D eigenvalue weighted by Gasteiger charge is 2.51. The van der Waals surface area contributed by atoms with Gasteiger partial charge in [-0.2, -0.15) is 0 Å². The number of amides is 1. The molecule has 0 aliphatic carbocycles. The largest absolute Gasteiger partial charge is 0.497 e. The summed E-state index contributed by atoms with van der Waals surface area (Å²) < 4.78 is 55.8. The summed E-state index contributed by atoms with van der Waals surface area (Å²) in [4.78, 5) is 23.0. The van der Waals surface area contributed by atoms with Crippen LogP contribution in [0.25, 0.3) is 21.6 Å².